The standard InChI is InChI=1S/C28H30ClFN2O2/c1-3-16-31-28(34)26(17-21-8-5-4-6-9-21)32(19-22-14-12-20(2)13-15-22)27(33)18-23-24(29)10-7-11-25(23)30/h4-15,26H,3,16-19H2,1-2H3,(H,31,34)/t26-/m0/s1. The molecule has 1 atom stereocenters. The van der Waals surface area contributed by atoms with Crippen LogP contribution in [0.2, 0.25) is 5.02 Å². The number of rotatable bonds is 10. The highest BCUT2D eigenvalue weighted by Crippen LogP contribution is 2.22. The van der Waals surface area contributed by atoms with E-state index in [9.17, 15) is 14.0 Å². The van der Waals surface area contributed by atoms with Gasteiger partial charge in [-0.15, -0.1) is 0 Å². The first-order chi connectivity index (χ1) is 16.4. The van der Waals surface area contributed by atoms with Crippen molar-refractivity contribution in [1.29, 1.82) is 0 Å². The molecule has 0 aliphatic carbocycles. The van der Waals surface area contributed by atoms with Crippen LogP contribution in [0.1, 0.15) is 35.6 Å². The minimum atomic E-state index is -0.756. The van der Waals surface area contributed by atoms with Gasteiger partial charge in [0.25, 0.3) is 0 Å². The predicted molar refractivity (Wildman–Crippen MR) is 134 cm³/mol. The zero-order valence-electron chi connectivity index (χ0n) is 19.6. The summed E-state index contributed by atoms with van der Waals surface area (Å²) in [6, 6.07) is 21.0. The molecule has 0 saturated heterocycles. The lowest BCUT2D eigenvalue weighted by atomic mass is 10.0. The molecule has 2 amide bonds. The maximum Gasteiger partial charge on any atom is 0.243 e. The van der Waals surface area contributed by atoms with Gasteiger partial charge in [0, 0.05) is 30.1 Å². The summed E-state index contributed by atoms with van der Waals surface area (Å²) in [7, 11) is 0. The topological polar surface area (TPSA) is 49.4 Å². The summed E-state index contributed by atoms with van der Waals surface area (Å²) in [5.41, 5.74) is 3.06. The fraction of sp³-hybridized carbons (Fsp3) is 0.286. The number of halogens is 2. The van der Waals surface area contributed by atoms with Gasteiger partial charge in [-0.3, -0.25) is 9.59 Å². The molecule has 3 aromatic rings. The number of hydrogen-bond donors (Lipinski definition) is 1. The van der Waals surface area contributed by atoms with E-state index in [0.29, 0.717) is 13.0 Å². The average Bonchev–Trinajstić information content (AvgIpc) is 2.84. The van der Waals surface area contributed by atoms with Gasteiger partial charge in [0.1, 0.15) is 11.9 Å². The molecule has 0 fully saturated rings. The van der Waals surface area contributed by atoms with Crippen molar-refractivity contribution in [2.75, 3.05) is 6.54 Å². The highest BCUT2D eigenvalue weighted by molar-refractivity contribution is 6.31. The van der Waals surface area contributed by atoms with E-state index in [2.05, 4.69) is 5.32 Å². The molecule has 0 spiro atoms. The Morgan fingerprint density at radius 2 is 1.68 bits per heavy atom. The third kappa shape index (κ3) is 6.91. The molecule has 3 aromatic carbocycles. The third-order valence-electron chi connectivity index (χ3n) is 5.68. The third-order valence-corrected chi connectivity index (χ3v) is 6.04. The first-order valence-corrected chi connectivity index (χ1v) is 11.9. The van der Waals surface area contributed by atoms with Gasteiger partial charge < -0.3 is 10.2 Å². The van der Waals surface area contributed by atoms with Crippen molar-refractivity contribution in [3.8, 4) is 0 Å². The molecule has 0 unspecified atom stereocenters. The van der Waals surface area contributed by atoms with Crippen LogP contribution in [0.3, 0.4) is 0 Å². The molecule has 0 aliphatic rings. The van der Waals surface area contributed by atoms with E-state index in [1.54, 1.807) is 11.0 Å². The molecule has 34 heavy (non-hydrogen) atoms. The molecular formula is C28H30ClFN2O2. The van der Waals surface area contributed by atoms with Crippen molar-refractivity contribution in [1.82, 2.24) is 10.2 Å². The molecule has 178 valence electrons. The van der Waals surface area contributed by atoms with Crippen molar-refractivity contribution in [3.05, 3.63) is 106 Å². The lowest BCUT2D eigenvalue weighted by molar-refractivity contribution is -0.140. The Kier molecular flexibility index (Phi) is 9.23. The van der Waals surface area contributed by atoms with E-state index in [0.717, 1.165) is 23.1 Å². The summed E-state index contributed by atoms with van der Waals surface area (Å²) < 4.78 is 14.5. The number of hydrogen-bond acceptors (Lipinski definition) is 2. The number of benzene rings is 3. The summed E-state index contributed by atoms with van der Waals surface area (Å²) in [4.78, 5) is 28.4. The monoisotopic (exact) mass is 480 g/mol. The van der Waals surface area contributed by atoms with E-state index < -0.39 is 11.9 Å². The molecule has 6 heteroatoms. The fourth-order valence-electron chi connectivity index (χ4n) is 3.76. The Hall–Kier alpha value is -3.18. The van der Waals surface area contributed by atoms with Crippen molar-refractivity contribution in [3.63, 3.8) is 0 Å². The summed E-state index contributed by atoms with van der Waals surface area (Å²) in [5.74, 6) is -1.13. The Morgan fingerprint density at radius 1 is 0.971 bits per heavy atom. The SMILES string of the molecule is CCCNC(=O)[C@H](Cc1ccccc1)N(Cc1ccc(C)cc1)C(=O)Cc1c(F)cccc1Cl. The summed E-state index contributed by atoms with van der Waals surface area (Å²) >= 11 is 6.21. The van der Waals surface area contributed by atoms with Crippen LogP contribution < -0.4 is 5.32 Å². The van der Waals surface area contributed by atoms with E-state index in [4.69, 9.17) is 11.6 Å². The predicted octanol–water partition coefficient (Wildman–Crippen LogP) is 5.50. The number of aryl methyl sites for hydroxylation is 1. The highest BCUT2D eigenvalue weighted by Gasteiger charge is 2.31. The van der Waals surface area contributed by atoms with E-state index in [1.165, 1.54) is 12.1 Å². The minimum Gasteiger partial charge on any atom is -0.354 e. The zero-order chi connectivity index (χ0) is 24.5. The first kappa shape index (κ1) is 25.4. The van der Waals surface area contributed by atoms with Crippen LogP contribution in [0.25, 0.3) is 0 Å². The molecule has 0 saturated carbocycles. The van der Waals surface area contributed by atoms with Gasteiger partial charge in [0.2, 0.25) is 11.8 Å². The maximum absolute atomic E-state index is 14.5. The quantitative estimate of drug-likeness (QED) is 0.416. The van der Waals surface area contributed by atoms with Gasteiger partial charge in [0.05, 0.1) is 6.42 Å². The van der Waals surface area contributed by atoms with Crippen molar-refractivity contribution in [2.24, 2.45) is 0 Å². The normalized spacial score (nSPS) is 11.6. The number of carbonyl (C=O) groups is 2. The Morgan fingerprint density at radius 3 is 2.32 bits per heavy atom. The second-order valence-electron chi connectivity index (χ2n) is 8.38. The van der Waals surface area contributed by atoms with Crippen LogP contribution in [0.5, 0.6) is 0 Å². The summed E-state index contributed by atoms with van der Waals surface area (Å²) in [6.45, 7) is 4.70. The molecule has 1 N–H and O–H groups in total. The second-order valence-corrected chi connectivity index (χ2v) is 8.79. The number of nitrogens with one attached hydrogen (secondary N) is 1. The van der Waals surface area contributed by atoms with Gasteiger partial charge in [0.15, 0.2) is 0 Å². The van der Waals surface area contributed by atoms with Crippen LogP contribution in [0.4, 0.5) is 4.39 Å². The molecule has 3 rings (SSSR count). The number of amides is 2. The highest BCUT2D eigenvalue weighted by atomic mass is 35.5. The lowest BCUT2D eigenvalue weighted by Crippen LogP contribution is -2.51. The lowest BCUT2D eigenvalue weighted by Gasteiger charge is -2.32. The fourth-order valence-corrected chi connectivity index (χ4v) is 3.99. The molecule has 0 heterocycles. The van der Waals surface area contributed by atoms with Crippen molar-refractivity contribution in [2.45, 2.75) is 45.7 Å². The molecular weight excluding hydrogens is 451 g/mol. The molecule has 4 nitrogen and oxygen atoms in total. The van der Waals surface area contributed by atoms with Crippen LogP contribution >= 0.6 is 11.6 Å². The smallest absolute Gasteiger partial charge is 0.243 e. The largest absolute Gasteiger partial charge is 0.354 e. The van der Waals surface area contributed by atoms with Gasteiger partial charge in [-0.2, -0.15) is 0 Å². The summed E-state index contributed by atoms with van der Waals surface area (Å²) in [6.07, 6.45) is 0.892. The van der Waals surface area contributed by atoms with E-state index in [-0.39, 0.29) is 35.4 Å². The molecule has 0 aliphatic heterocycles. The van der Waals surface area contributed by atoms with Gasteiger partial charge >= 0.3 is 0 Å². The van der Waals surface area contributed by atoms with Crippen LogP contribution in [0.15, 0.2) is 72.8 Å². The van der Waals surface area contributed by atoms with E-state index in [1.807, 2.05) is 68.4 Å². The molecule has 0 bridgehead atoms. The number of carbonyl (C=O) groups excluding carboxylic acids is 2. The van der Waals surface area contributed by atoms with Crippen molar-refractivity contribution < 1.29 is 14.0 Å². The maximum atomic E-state index is 14.5. The second kappa shape index (κ2) is 12.3. The average molecular weight is 481 g/mol. The molecule has 0 aromatic heterocycles. The van der Waals surface area contributed by atoms with E-state index >= 15 is 0 Å². The number of nitrogens with zero attached hydrogens (tertiary/aromatic N) is 1. The van der Waals surface area contributed by atoms with Crippen LogP contribution in [0, 0.1) is 12.7 Å². The Bertz CT molecular complexity index is 1080. The van der Waals surface area contributed by atoms with Crippen LogP contribution in [-0.4, -0.2) is 29.3 Å². The molecule has 0 radical (unpaired) electrons. The Labute approximate surface area is 205 Å². The first-order valence-electron chi connectivity index (χ1n) is 11.5. The minimum absolute atomic E-state index is 0.135. The zero-order valence-corrected chi connectivity index (χ0v) is 20.3. The summed E-state index contributed by atoms with van der Waals surface area (Å²) in [5, 5.41) is 3.13. The Balaban J connectivity index is 1.98. The van der Waals surface area contributed by atoms with Crippen molar-refractivity contribution >= 4 is 23.4 Å². The van der Waals surface area contributed by atoms with Gasteiger partial charge in [-0.1, -0.05) is 84.8 Å². The van der Waals surface area contributed by atoms with Gasteiger partial charge in [-0.05, 0) is 36.6 Å². The van der Waals surface area contributed by atoms with Crippen LogP contribution in [-0.2, 0) is 29.0 Å². The van der Waals surface area contributed by atoms with Gasteiger partial charge in [-0.25, -0.2) is 4.39 Å².